The van der Waals surface area contributed by atoms with Crippen LogP contribution in [-0.4, -0.2) is 24.7 Å². The van der Waals surface area contributed by atoms with Gasteiger partial charge in [0.1, 0.15) is 0 Å². The minimum atomic E-state index is 0.103. The summed E-state index contributed by atoms with van der Waals surface area (Å²) < 4.78 is 5.76. The summed E-state index contributed by atoms with van der Waals surface area (Å²) in [5, 5.41) is 5.18. The van der Waals surface area contributed by atoms with E-state index in [2.05, 4.69) is 16.4 Å². The minimum absolute atomic E-state index is 0.103. The molecule has 2 aromatic rings. The van der Waals surface area contributed by atoms with Crippen molar-refractivity contribution in [3.8, 4) is 0 Å². The highest BCUT2D eigenvalue weighted by Gasteiger charge is 2.19. The van der Waals surface area contributed by atoms with E-state index < -0.39 is 0 Å². The molecule has 0 saturated carbocycles. The zero-order chi connectivity index (χ0) is 11.0. The molecule has 0 aliphatic carbocycles. The van der Waals surface area contributed by atoms with E-state index in [0.29, 0.717) is 0 Å². The second kappa shape index (κ2) is 4.09. The van der Waals surface area contributed by atoms with Gasteiger partial charge in [0, 0.05) is 30.2 Å². The van der Waals surface area contributed by atoms with Gasteiger partial charge in [0.2, 0.25) is 0 Å². The Morgan fingerprint density at radius 1 is 1.38 bits per heavy atom. The number of ether oxygens (including phenoxy) is 1. The normalized spacial score (nSPS) is 21.4. The Morgan fingerprint density at radius 3 is 3.12 bits per heavy atom. The van der Waals surface area contributed by atoms with Crippen LogP contribution in [0, 0.1) is 0 Å². The number of H-pyrrole nitrogens is 1. The van der Waals surface area contributed by atoms with E-state index in [9.17, 15) is 0 Å². The predicted octanol–water partition coefficient (Wildman–Crippen LogP) is 2.48. The molecule has 1 saturated heterocycles. The van der Waals surface area contributed by atoms with Gasteiger partial charge in [-0.05, 0) is 11.6 Å². The van der Waals surface area contributed by atoms with E-state index in [1.165, 1.54) is 0 Å². The van der Waals surface area contributed by atoms with Crippen LogP contribution in [-0.2, 0) is 4.74 Å². The van der Waals surface area contributed by atoms with Gasteiger partial charge in [0.15, 0.2) is 0 Å². The Bertz CT molecular complexity index is 503. The smallest absolute Gasteiger partial charge is 0.0956 e. The number of halogens is 1. The Balaban J connectivity index is 2.10. The first-order chi connectivity index (χ1) is 7.86. The van der Waals surface area contributed by atoms with Crippen molar-refractivity contribution < 1.29 is 4.74 Å². The average molecular weight is 237 g/mol. The number of hydrogen-bond donors (Lipinski definition) is 2. The van der Waals surface area contributed by atoms with Gasteiger partial charge >= 0.3 is 0 Å². The number of hydrogen-bond acceptors (Lipinski definition) is 2. The fourth-order valence-corrected chi connectivity index (χ4v) is 2.47. The van der Waals surface area contributed by atoms with Gasteiger partial charge < -0.3 is 15.0 Å². The van der Waals surface area contributed by atoms with Crippen LogP contribution in [0.15, 0.2) is 24.4 Å². The van der Waals surface area contributed by atoms with E-state index in [1.54, 1.807) is 0 Å². The lowest BCUT2D eigenvalue weighted by Gasteiger charge is -2.24. The molecule has 1 unspecified atom stereocenters. The lowest BCUT2D eigenvalue weighted by Crippen LogP contribution is -2.33. The number of rotatable bonds is 1. The van der Waals surface area contributed by atoms with Gasteiger partial charge in [-0.15, -0.1) is 0 Å². The number of aromatic nitrogens is 1. The van der Waals surface area contributed by atoms with Crippen molar-refractivity contribution >= 4 is 22.5 Å². The number of nitrogens with one attached hydrogen (secondary N) is 2. The van der Waals surface area contributed by atoms with Crippen LogP contribution in [0.4, 0.5) is 0 Å². The molecule has 0 amide bonds. The summed E-state index contributed by atoms with van der Waals surface area (Å²) in [6.45, 7) is 2.52. The fourth-order valence-electron chi connectivity index (χ4n) is 2.20. The molecule has 1 aliphatic rings. The van der Waals surface area contributed by atoms with E-state index >= 15 is 0 Å². The van der Waals surface area contributed by atoms with Crippen LogP contribution >= 0.6 is 11.6 Å². The third-order valence-corrected chi connectivity index (χ3v) is 3.26. The molecule has 1 aliphatic heterocycles. The lowest BCUT2D eigenvalue weighted by atomic mass is 10.0. The standard InChI is InChI=1S/C12H13ClN2O/c13-9-6-15-10-3-1-2-8(12(9)10)11-7-14-4-5-16-11/h1-3,6,11,14-15H,4-5,7H2. The summed E-state index contributed by atoms with van der Waals surface area (Å²) in [4.78, 5) is 3.16. The molecule has 4 heteroatoms. The minimum Gasteiger partial charge on any atom is -0.371 e. The molecule has 0 radical (unpaired) electrons. The molecule has 3 rings (SSSR count). The van der Waals surface area contributed by atoms with Crippen LogP contribution in [0.2, 0.25) is 5.02 Å². The van der Waals surface area contributed by atoms with E-state index in [-0.39, 0.29) is 6.10 Å². The predicted molar refractivity (Wildman–Crippen MR) is 64.9 cm³/mol. The van der Waals surface area contributed by atoms with Crippen molar-refractivity contribution in [2.24, 2.45) is 0 Å². The fraction of sp³-hybridized carbons (Fsp3) is 0.333. The summed E-state index contributed by atoms with van der Waals surface area (Å²) in [6.07, 6.45) is 1.93. The van der Waals surface area contributed by atoms with E-state index in [0.717, 1.165) is 41.2 Å². The maximum absolute atomic E-state index is 6.19. The Kier molecular flexibility index (Phi) is 2.59. The molecular formula is C12H13ClN2O. The van der Waals surface area contributed by atoms with Crippen LogP contribution < -0.4 is 5.32 Å². The highest BCUT2D eigenvalue weighted by Crippen LogP contribution is 2.32. The van der Waals surface area contributed by atoms with Gasteiger partial charge in [-0.2, -0.15) is 0 Å². The van der Waals surface area contributed by atoms with Gasteiger partial charge in [-0.1, -0.05) is 23.7 Å². The maximum atomic E-state index is 6.19. The van der Waals surface area contributed by atoms with Gasteiger partial charge in [0.05, 0.1) is 17.7 Å². The van der Waals surface area contributed by atoms with Gasteiger partial charge in [0.25, 0.3) is 0 Å². The molecular weight excluding hydrogens is 224 g/mol. The number of fused-ring (bicyclic) bond motifs is 1. The molecule has 2 heterocycles. The molecule has 1 atom stereocenters. The number of benzene rings is 1. The summed E-state index contributed by atoms with van der Waals surface area (Å²) in [5.74, 6) is 0. The van der Waals surface area contributed by atoms with Crippen molar-refractivity contribution in [1.29, 1.82) is 0 Å². The summed E-state index contributed by atoms with van der Waals surface area (Å²) in [6, 6.07) is 6.14. The van der Waals surface area contributed by atoms with Crippen LogP contribution in [0.1, 0.15) is 11.7 Å². The Morgan fingerprint density at radius 2 is 2.31 bits per heavy atom. The highest BCUT2D eigenvalue weighted by molar-refractivity contribution is 6.35. The van der Waals surface area contributed by atoms with Crippen LogP contribution in [0.5, 0.6) is 0 Å². The third kappa shape index (κ3) is 1.61. The molecule has 0 bridgehead atoms. The van der Waals surface area contributed by atoms with Gasteiger partial charge in [-0.3, -0.25) is 0 Å². The van der Waals surface area contributed by atoms with E-state index in [1.807, 2.05) is 18.3 Å². The van der Waals surface area contributed by atoms with Crippen molar-refractivity contribution in [2.45, 2.75) is 6.10 Å². The molecule has 1 fully saturated rings. The number of aromatic amines is 1. The maximum Gasteiger partial charge on any atom is 0.0956 e. The quantitative estimate of drug-likeness (QED) is 0.798. The van der Waals surface area contributed by atoms with Crippen LogP contribution in [0.25, 0.3) is 10.9 Å². The first-order valence-electron chi connectivity index (χ1n) is 5.44. The highest BCUT2D eigenvalue weighted by atomic mass is 35.5. The molecule has 84 valence electrons. The first kappa shape index (κ1) is 10.1. The summed E-state index contributed by atoms with van der Waals surface area (Å²) in [7, 11) is 0. The monoisotopic (exact) mass is 236 g/mol. The molecule has 3 nitrogen and oxygen atoms in total. The Hall–Kier alpha value is -1.03. The van der Waals surface area contributed by atoms with Crippen LogP contribution in [0.3, 0.4) is 0 Å². The largest absolute Gasteiger partial charge is 0.371 e. The summed E-state index contributed by atoms with van der Waals surface area (Å²) >= 11 is 6.19. The second-order valence-electron chi connectivity index (χ2n) is 3.97. The topological polar surface area (TPSA) is 37.0 Å². The zero-order valence-electron chi connectivity index (χ0n) is 8.79. The first-order valence-corrected chi connectivity index (χ1v) is 5.82. The molecule has 1 aromatic carbocycles. The molecule has 2 N–H and O–H groups in total. The number of morpholine rings is 1. The van der Waals surface area contributed by atoms with Crippen molar-refractivity contribution in [3.05, 3.63) is 35.0 Å². The van der Waals surface area contributed by atoms with Crippen molar-refractivity contribution in [1.82, 2.24) is 10.3 Å². The third-order valence-electron chi connectivity index (χ3n) is 2.96. The molecule has 16 heavy (non-hydrogen) atoms. The van der Waals surface area contributed by atoms with Crippen molar-refractivity contribution in [2.75, 3.05) is 19.7 Å². The Labute approximate surface area is 98.7 Å². The lowest BCUT2D eigenvalue weighted by molar-refractivity contribution is 0.0286. The zero-order valence-corrected chi connectivity index (χ0v) is 9.55. The summed E-state index contributed by atoms with van der Waals surface area (Å²) in [5.41, 5.74) is 2.23. The van der Waals surface area contributed by atoms with E-state index in [4.69, 9.17) is 16.3 Å². The SMILES string of the molecule is Clc1c[nH]c2cccc(C3CNCCO3)c12. The molecule has 1 aromatic heterocycles. The van der Waals surface area contributed by atoms with Gasteiger partial charge in [-0.25, -0.2) is 0 Å². The molecule has 0 spiro atoms. The second-order valence-corrected chi connectivity index (χ2v) is 4.38. The average Bonchev–Trinajstić information content (AvgIpc) is 2.73. The van der Waals surface area contributed by atoms with Crippen molar-refractivity contribution in [3.63, 3.8) is 0 Å².